The Labute approximate surface area is 116 Å². The summed E-state index contributed by atoms with van der Waals surface area (Å²) in [5.74, 6) is -0.825. The lowest BCUT2D eigenvalue weighted by atomic mass is 10.1. The van der Waals surface area contributed by atoms with Crippen molar-refractivity contribution in [2.24, 2.45) is 0 Å². The molecule has 0 saturated carbocycles. The summed E-state index contributed by atoms with van der Waals surface area (Å²) in [6.45, 7) is -0.202. The van der Waals surface area contributed by atoms with Crippen LogP contribution < -0.4 is 4.74 Å². The summed E-state index contributed by atoms with van der Waals surface area (Å²) in [5, 5.41) is 0. The van der Waals surface area contributed by atoms with Gasteiger partial charge in [-0.05, 0) is 23.8 Å². The molecule has 0 heterocycles. The Morgan fingerprint density at radius 3 is 2.55 bits per heavy atom. The molecule has 2 rings (SSSR count). The number of carbonyl (C=O) groups is 2. The number of hydrogen-bond acceptors (Lipinski definition) is 3. The van der Waals surface area contributed by atoms with E-state index in [2.05, 4.69) is 0 Å². The fraction of sp³-hybridized carbons (Fsp3) is 0.125. The predicted octanol–water partition coefficient (Wildman–Crippen LogP) is 2.83. The number of carbonyl (C=O) groups excluding carboxylic acids is 2. The molecule has 0 spiro atoms. The molecule has 0 aromatic heterocycles. The molecule has 102 valence electrons. The van der Waals surface area contributed by atoms with Crippen LogP contribution in [0, 0.1) is 5.82 Å². The van der Waals surface area contributed by atoms with Gasteiger partial charge in [-0.15, -0.1) is 0 Å². The minimum absolute atomic E-state index is 0.0305. The third-order valence-electron chi connectivity index (χ3n) is 2.72. The summed E-state index contributed by atoms with van der Waals surface area (Å²) < 4.78 is 18.6. The molecule has 0 unspecified atom stereocenters. The van der Waals surface area contributed by atoms with Gasteiger partial charge >= 0.3 is 0 Å². The SMILES string of the molecule is O=Cc1ccc(OCC(=O)Cc2ccccc2)c(F)c1. The number of ketones is 1. The van der Waals surface area contributed by atoms with Gasteiger partial charge in [0.15, 0.2) is 17.3 Å². The molecule has 0 aliphatic heterocycles. The van der Waals surface area contributed by atoms with Crippen LogP contribution in [0.1, 0.15) is 15.9 Å². The number of aldehydes is 1. The van der Waals surface area contributed by atoms with Gasteiger partial charge < -0.3 is 4.74 Å². The molecule has 0 aliphatic carbocycles. The first-order valence-electron chi connectivity index (χ1n) is 6.12. The normalized spacial score (nSPS) is 10.1. The Morgan fingerprint density at radius 2 is 1.90 bits per heavy atom. The van der Waals surface area contributed by atoms with Crippen LogP contribution in [0.5, 0.6) is 5.75 Å². The quantitative estimate of drug-likeness (QED) is 0.759. The molecule has 0 saturated heterocycles. The second kappa shape index (κ2) is 6.61. The molecule has 4 heteroatoms. The predicted molar refractivity (Wildman–Crippen MR) is 72.4 cm³/mol. The fourth-order valence-corrected chi connectivity index (χ4v) is 1.74. The van der Waals surface area contributed by atoms with Gasteiger partial charge in [0.05, 0.1) is 0 Å². The van der Waals surface area contributed by atoms with Crippen LogP contribution in [0.4, 0.5) is 4.39 Å². The van der Waals surface area contributed by atoms with Gasteiger partial charge in [0.2, 0.25) is 0 Å². The van der Waals surface area contributed by atoms with E-state index in [0.717, 1.165) is 11.6 Å². The van der Waals surface area contributed by atoms with Gasteiger partial charge in [-0.25, -0.2) is 4.39 Å². The Kier molecular flexibility index (Phi) is 4.60. The van der Waals surface area contributed by atoms with Crippen molar-refractivity contribution >= 4 is 12.1 Å². The van der Waals surface area contributed by atoms with Crippen LogP contribution in [-0.4, -0.2) is 18.7 Å². The monoisotopic (exact) mass is 272 g/mol. The van der Waals surface area contributed by atoms with Gasteiger partial charge in [0, 0.05) is 12.0 Å². The van der Waals surface area contributed by atoms with Crippen molar-refractivity contribution in [3.8, 4) is 5.75 Å². The number of halogens is 1. The molecular weight excluding hydrogens is 259 g/mol. The average molecular weight is 272 g/mol. The van der Waals surface area contributed by atoms with Crippen molar-refractivity contribution in [1.82, 2.24) is 0 Å². The molecule has 0 aliphatic rings. The number of Topliss-reactive ketones (excluding diaryl/α,β-unsaturated/α-hetero) is 1. The van der Waals surface area contributed by atoms with E-state index >= 15 is 0 Å². The van der Waals surface area contributed by atoms with Crippen LogP contribution in [0.25, 0.3) is 0 Å². The Morgan fingerprint density at radius 1 is 1.15 bits per heavy atom. The summed E-state index contributed by atoms with van der Waals surface area (Å²) in [5.41, 5.74) is 1.11. The lowest BCUT2D eigenvalue weighted by Crippen LogP contribution is -2.14. The molecule has 0 atom stereocenters. The molecule has 0 amide bonds. The Hall–Kier alpha value is -2.49. The van der Waals surface area contributed by atoms with Crippen LogP contribution in [0.2, 0.25) is 0 Å². The number of hydrogen-bond donors (Lipinski definition) is 0. The highest BCUT2D eigenvalue weighted by molar-refractivity contribution is 5.82. The lowest BCUT2D eigenvalue weighted by Gasteiger charge is -2.07. The minimum atomic E-state index is -0.651. The topological polar surface area (TPSA) is 43.4 Å². The van der Waals surface area contributed by atoms with Crippen LogP contribution in [0.3, 0.4) is 0 Å². The van der Waals surface area contributed by atoms with Gasteiger partial charge in [-0.2, -0.15) is 0 Å². The van der Waals surface area contributed by atoms with Crippen molar-refractivity contribution in [1.29, 1.82) is 0 Å². The van der Waals surface area contributed by atoms with E-state index in [1.54, 1.807) is 0 Å². The lowest BCUT2D eigenvalue weighted by molar-refractivity contribution is -0.120. The summed E-state index contributed by atoms with van der Waals surface area (Å²) in [4.78, 5) is 22.2. The van der Waals surface area contributed by atoms with E-state index in [4.69, 9.17) is 4.74 Å². The largest absolute Gasteiger partial charge is 0.483 e. The first kappa shape index (κ1) is 13.9. The van der Waals surface area contributed by atoms with E-state index < -0.39 is 5.82 Å². The van der Waals surface area contributed by atoms with Gasteiger partial charge in [-0.3, -0.25) is 9.59 Å². The number of rotatable bonds is 6. The average Bonchev–Trinajstić information content (AvgIpc) is 2.47. The third-order valence-corrected chi connectivity index (χ3v) is 2.72. The molecule has 0 N–H and O–H groups in total. The van der Waals surface area contributed by atoms with Gasteiger partial charge in [-0.1, -0.05) is 30.3 Å². The van der Waals surface area contributed by atoms with Crippen molar-refractivity contribution in [2.75, 3.05) is 6.61 Å². The van der Waals surface area contributed by atoms with E-state index in [-0.39, 0.29) is 30.1 Å². The summed E-state index contributed by atoms with van der Waals surface area (Å²) in [6, 6.07) is 13.1. The summed E-state index contributed by atoms with van der Waals surface area (Å²) in [6.07, 6.45) is 0.794. The van der Waals surface area contributed by atoms with Crippen molar-refractivity contribution in [3.05, 3.63) is 65.5 Å². The zero-order chi connectivity index (χ0) is 14.4. The van der Waals surface area contributed by atoms with Crippen molar-refractivity contribution < 1.29 is 18.7 Å². The van der Waals surface area contributed by atoms with Crippen molar-refractivity contribution in [3.63, 3.8) is 0 Å². The van der Waals surface area contributed by atoms with Crippen LogP contribution in [0.15, 0.2) is 48.5 Å². The molecule has 0 bridgehead atoms. The van der Waals surface area contributed by atoms with Gasteiger partial charge in [0.25, 0.3) is 0 Å². The molecule has 20 heavy (non-hydrogen) atoms. The Balaban J connectivity index is 1.92. The summed E-state index contributed by atoms with van der Waals surface area (Å²) in [7, 11) is 0. The zero-order valence-corrected chi connectivity index (χ0v) is 10.7. The highest BCUT2D eigenvalue weighted by atomic mass is 19.1. The molecule has 3 nitrogen and oxygen atoms in total. The van der Waals surface area contributed by atoms with E-state index in [1.807, 2.05) is 30.3 Å². The Bertz CT molecular complexity index is 608. The molecule has 2 aromatic carbocycles. The fourth-order valence-electron chi connectivity index (χ4n) is 1.74. The molecule has 0 radical (unpaired) electrons. The minimum Gasteiger partial charge on any atom is -0.483 e. The highest BCUT2D eigenvalue weighted by Crippen LogP contribution is 2.17. The second-order valence-electron chi connectivity index (χ2n) is 4.30. The molecular formula is C16H13FO3. The first-order chi connectivity index (χ1) is 9.69. The summed E-state index contributed by atoms with van der Waals surface area (Å²) >= 11 is 0. The first-order valence-corrected chi connectivity index (χ1v) is 6.12. The number of ether oxygens (including phenoxy) is 1. The van der Waals surface area contributed by atoms with E-state index in [1.165, 1.54) is 12.1 Å². The standard InChI is InChI=1S/C16H13FO3/c17-15-9-13(10-18)6-7-16(15)20-11-14(19)8-12-4-2-1-3-5-12/h1-7,9-10H,8,11H2. The van der Waals surface area contributed by atoms with Crippen LogP contribution in [-0.2, 0) is 11.2 Å². The number of benzene rings is 2. The van der Waals surface area contributed by atoms with Crippen LogP contribution >= 0.6 is 0 Å². The van der Waals surface area contributed by atoms with Gasteiger partial charge in [0.1, 0.15) is 12.9 Å². The highest BCUT2D eigenvalue weighted by Gasteiger charge is 2.08. The zero-order valence-electron chi connectivity index (χ0n) is 10.7. The maximum atomic E-state index is 13.5. The second-order valence-corrected chi connectivity index (χ2v) is 4.30. The maximum Gasteiger partial charge on any atom is 0.174 e. The van der Waals surface area contributed by atoms with E-state index in [0.29, 0.717) is 6.29 Å². The maximum absolute atomic E-state index is 13.5. The third kappa shape index (κ3) is 3.75. The smallest absolute Gasteiger partial charge is 0.174 e. The van der Waals surface area contributed by atoms with Crippen molar-refractivity contribution in [2.45, 2.75) is 6.42 Å². The van der Waals surface area contributed by atoms with E-state index in [9.17, 15) is 14.0 Å². The molecule has 0 fully saturated rings. The molecule has 2 aromatic rings.